The number of morpholine rings is 1. The van der Waals surface area contributed by atoms with Gasteiger partial charge in [-0.15, -0.1) is 0 Å². The van der Waals surface area contributed by atoms with E-state index in [0.717, 1.165) is 0 Å². The van der Waals surface area contributed by atoms with Gasteiger partial charge in [0.05, 0.1) is 31.2 Å². The van der Waals surface area contributed by atoms with Crippen LogP contribution in [-0.4, -0.2) is 54.2 Å². The van der Waals surface area contributed by atoms with Crippen molar-refractivity contribution in [2.75, 3.05) is 19.8 Å². The molecule has 0 aliphatic carbocycles. The highest BCUT2D eigenvalue weighted by Crippen LogP contribution is 2.40. The van der Waals surface area contributed by atoms with Crippen molar-refractivity contribution in [3.63, 3.8) is 0 Å². The Bertz CT molecular complexity index is 1040. The SMILES string of the molecule is C[C@@H]1CC2(COCC(=O)N2)C2Cc3cccc(c3F)-c3ccccc3OCCC(=O)N21. The Hall–Kier alpha value is -2.93. The lowest BCUT2D eigenvalue weighted by Crippen LogP contribution is -2.64. The average molecular weight is 424 g/mol. The summed E-state index contributed by atoms with van der Waals surface area (Å²) in [5.74, 6) is -0.0409. The summed E-state index contributed by atoms with van der Waals surface area (Å²) in [5, 5.41) is 3.09. The minimum atomic E-state index is -0.726. The van der Waals surface area contributed by atoms with Crippen LogP contribution in [0, 0.1) is 5.82 Å². The van der Waals surface area contributed by atoms with Gasteiger partial charge in [0, 0.05) is 17.2 Å². The number of halogens is 1. The van der Waals surface area contributed by atoms with Gasteiger partial charge in [-0.1, -0.05) is 36.4 Å². The highest BCUT2D eigenvalue weighted by molar-refractivity contribution is 5.81. The summed E-state index contributed by atoms with van der Waals surface area (Å²) >= 11 is 0. The molecule has 0 saturated carbocycles. The maximum atomic E-state index is 15.7. The van der Waals surface area contributed by atoms with Crippen molar-refractivity contribution in [3.05, 3.63) is 53.8 Å². The summed E-state index contributed by atoms with van der Waals surface area (Å²) < 4.78 is 27.2. The van der Waals surface area contributed by atoms with Crippen LogP contribution in [0.2, 0.25) is 0 Å². The molecule has 2 unspecified atom stereocenters. The monoisotopic (exact) mass is 424 g/mol. The summed E-state index contributed by atoms with van der Waals surface area (Å²) in [6.07, 6.45) is 1.07. The molecule has 2 amide bonds. The van der Waals surface area contributed by atoms with Crippen molar-refractivity contribution >= 4 is 11.8 Å². The minimum absolute atomic E-state index is 0.00523. The molecular weight excluding hydrogens is 399 g/mol. The van der Waals surface area contributed by atoms with Gasteiger partial charge in [-0.25, -0.2) is 4.39 Å². The predicted molar refractivity (Wildman–Crippen MR) is 112 cm³/mol. The highest BCUT2D eigenvalue weighted by atomic mass is 19.1. The zero-order chi connectivity index (χ0) is 21.6. The Morgan fingerprint density at radius 2 is 1.94 bits per heavy atom. The van der Waals surface area contributed by atoms with Crippen molar-refractivity contribution in [1.82, 2.24) is 10.2 Å². The van der Waals surface area contributed by atoms with Crippen molar-refractivity contribution < 1.29 is 23.5 Å². The summed E-state index contributed by atoms with van der Waals surface area (Å²) in [6, 6.07) is 12.1. The van der Waals surface area contributed by atoms with Crippen LogP contribution >= 0.6 is 0 Å². The number of amides is 2. The van der Waals surface area contributed by atoms with Crippen molar-refractivity contribution in [2.45, 2.75) is 43.8 Å². The van der Waals surface area contributed by atoms with Gasteiger partial charge in [-0.2, -0.15) is 0 Å². The lowest BCUT2D eigenvalue weighted by molar-refractivity contribution is -0.141. The van der Waals surface area contributed by atoms with Gasteiger partial charge in [0.15, 0.2) is 0 Å². The number of para-hydroxylation sites is 1. The predicted octanol–water partition coefficient (Wildman–Crippen LogP) is 2.69. The molecule has 1 N–H and O–H groups in total. The first-order valence-corrected chi connectivity index (χ1v) is 10.7. The fourth-order valence-corrected chi connectivity index (χ4v) is 5.36. The topological polar surface area (TPSA) is 67.9 Å². The van der Waals surface area contributed by atoms with Crippen LogP contribution in [0.5, 0.6) is 5.75 Å². The van der Waals surface area contributed by atoms with Crippen molar-refractivity contribution in [2.24, 2.45) is 0 Å². The molecule has 7 heteroatoms. The molecule has 2 saturated heterocycles. The number of rotatable bonds is 0. The maximum Gasteiger partial charge on any atom is 0.246 e. The van der Waals surface area contributed by atoms with Gasteiger partial charge < -0.3 is 19.7 Å². The van der Waals surface area contributed by atoms with E-state index in [1.54, 1.807) is 23.1 Å². The minimum Gasteiger partial charge on any atom is -0.492 e. The van der Waals surface area contributed by atoms with Crippen LogP contribution in [0.4, 0.5) is 4.39 Å². The fourth-order valence-electron chi connectivity index (χ4n) is 5.36. The van der Waals surface area contributed by atoms with E-state index in [-0.39, 0.29) is 43.3 Å². The first-order chi connectivity index (χ1) is 15.0. The normalized spacial score (nSPS) is 28.1. The third-order valence-electron chi connectivity index (χ3n) is 6.62. The first kappa shape index (κ1) is 20.0. The molecule has 2 aromatic rings. The second kappa shape index (κ2) is 7.64. The quantitative estimate of drug-likeness (QED) is 0.706. The maximum absolute atomic E-state index is 15.7. The number of hydrogen-bond donors (Lipinski definition) is 1. The molecule has 6 nitrogen and oxygen atoms in total. The number of nitrogens with one attached hydrogen (secondary N) is 1. The summed E-state index contributed by atoms with van der Waals surface area (Å²) in [5.41, 5.74) is 0.908. The van der Waals surface area contributed by atoms with Crippen LogP contribution in [0.25, 0.3) is 11.1 Å². The van der Waals surface area contributed by atoms with E-state index in [2.05, 4.69) is 5.32 Å². The van der Waals surface area contributed by atoms with Gasteiger partial charge in [0.25, 0.3) is 0 Å². The molecule has 3 aliphatic heterocycles. The molecule has 3 heterocycles. The number of nitrogens with zero attached hydrogens (tertiary/aromatic N) is 1. The molecule has 0 aromatic heterocycles. The number of fused-ring (bicyclic) bond motifs is 6. The van der Waals surface area contributed by atoms with Crippen molar-refractivity contribution in [1.29, 1.82) is 0 Å². The molecule has 5 rings (SSSR count). The van der Waals surface area contributed by atoms with E-state index < -0.39 is 11.6 Å². The smallest absolute Gasteiger partial charge is 0.246 e. The fraction of sp³-hybridized carbons (Fsp3) is 0.417. The van der Waals surface area contributed by atoms with Crippen LogP contribution in [0.15, 0.2) is 42.5 Å². The molecule has 162 valence electrons. The first-order valence-electron chi connectivity index (χ1n) is 10.7. The van der Waals surface area contributed by atoms with Crippen LogP contribution < -0.4 is 10.1 Å². The second-order valence-electron chi connectivity index (χ2n) is 8.64. The van der Waals surface area contributed by atoms with E-state index in [1.807, 2.05) is 31.2 Å². The second-order valence-corrected chi connectivity index (χ2v) is 8.64. The van der Waals surface area contributed by atoms with Gasteiger partial charge in [0.1, 0.15) is 18.2 Å². The Morgan fingerprint density at radius 3 is 2.77 bits per heavy atom. The lowest BCUT2D eigenvalue weighted by Gasteiger charge is -2.41. The Labute approximate surface area is 180 Å². The number of hydrogen-bond acceptors (Lipinski definition) is 4. The van der Waals surface area contributed by atoms with Gasteiger partial charge in [0.2, 0.25) is 11.8 Å². The third-order valence-corrected chi connectivity index (χ3v) is 6.62. The summed E-state index contributed by atoms with van der Waals surface area (Å²) in [7, 11) is 0. The molecule has 2 fully saturated rings. The molecular formula is C24H25FN2O4. The highest BCUT2D eigenvalue weighted by Gasteiger charge is 2.54. The zero-order valence-electron chi connectivity index (χ0n) is 17.4. The molecule has 3 aliphatic rings. The Morgan fingerprint density at radius 1 is 1.13 bits per heavy atom. The molecule has 1 spiro atoms. The van der Waals surface area contributed by atoms with Gasteiger partial charge in [-0.3, -0.25) is 9.59 Å². The molecule has 0 radical (unpaired) electrons. The Kier molecular flexibility index (Phi) is 4.93. The van der Waals surface area contributed by atoms with E-state index in [9.17, 15) is 9.59 Å². The van der Waals surface area contributed by atoms with Gasteiger partial charge in [-0.05, 0) is 31.4 Å². The molecule has 31 heavy (non-hydrogen) atoms. The third kappa shape index (κ3) is 3.37. The molecule has 3 atom stereocenters. The number of benzene rings is 2. The lowest BCUT2D eigenvalue weighted by atomic mass is 9.84. The number of carbonyl (C=O) groups is 2. The number of ether oxygens (including phenoxy) is 2. The average Bonchev–Trinajstić information content (AvgIpc) is 2.99. The van der Waals surface area contributed by atoms with Crippen LogP contribution in [-0.2, 0) is 20.7 Å². The molecule has 2 aromatic carbocycles. The Balaban J connectivity index is 1.63. The summed E-state index contributed by atoms with van der Waals surface area (Å²) in [4.78, 5) is 27.3. The van der Waals surface area contributed by atoms with E-state index in [1.165, 1.54) is 0 Å². The van der Waals surface area contributed by atoms with Crippen LogP contribution in [0.3, 0.4) is 0 Å². The van der Waals surface area contributed by atoms with Gasteiger partial charge >= 0.3 is 0 Å². The van der Waals surface area contributed by atoms with Crippen molar-refractivity contribution in [3.8, 4) is 16.9 Å². The van der Waals surface area contributed by atoms with Crippen LogP contribution in [0.1, 0.15) is 25.3 Å². The molecule has 2 bridgehead atoms. The zero-order valence-corrected chi connectivity index (χ0v) is 17.4. The summed E-state index contributed by atoms with van der Waals surface area (Å²) in [6.45, 7) is 2.47. The van der Waals surface area contributed by atoms with E-state index in [0.29, 0.717) is 41.9 Å². The number of carbonyl (C=O) groups excluding carboxylic acids is 2. The standard InChI is InChI=1S/C24H25FN2O4/c1-15-12-24(14-30-13-21(28)26-24)20-11-16-5-4-7-18(23(16)25)17-6-2-3-8-19(17)31-10-9-22(29)27(15)20/h2-8,15,20H,9-14H2,1H3,(H,26,28)/t15-,20?,24?/m1/s1. The van der Waals surface area contributed by atoms with E-state index >= 15 is 4.39 Å². The largest absolute Gasteiger partial charge is 0.492 e. The van der Waals surface area contributed by atoms with E-state index in [4.69, 9.17) is 9.47 Å².